The smallest absolute Gasteiger partial charge is 0.199 e. The predicted molar refractivity (Wildman–Crippen MR) is 48.4 cm³/mol. The minimum atomic E-state index is 0.485. The zero-order chi connectivity index (χ0) is 8.72. The number of hydrogen-bond donors (Lipinski definition) is 1. The molecule has 0 atom stereocenters. The van der Waals surface area contributed by atoms with E-state index in [9.17, 15) is 0 Å². The zero-order valence-corrected chi connectivity index (χ0v) is 7.64. The molecule has 0 fully saturated rings. The highest BCUT2D eigenvalue weighted by Gasteiger charge is 2.03. The van der Waals surface area contributed by atoms with Crippen LogP contribution in [0.3, 0.4) is 0 Å². The third-order valence-electron chi connectivity index (χ3n) is 1.77. The lowest BCUT2D eigenvalue weighted by molar-refractivity contribution is 0.936. The largest absolute Gasteiger partial charge is 0.333 e. The summed E-state index contributed by atoms with van der Waals surface area (Å²) in [7, 11) is 1.93. The van der Waals surface area contributed by atoms with Crippen LogP contribution >= 0.6 is 12.2 Å². The van der Waals surface area contributed by atoms with E-state index in [0.717, 1.165) is 11.2 Å². The SMILES string of the molecule is Cc1[nH]c(=S)nc2ncn(C)c12. The third kappa shape index (κ3) is 0.937. The second kappa shape index (κ2) is 2.38. The first-order chi connectivity index (χ1) is 5.68. The summed E-state index contributed by atoms with van der Waals surface area (Å²) in [4.78, 5) is 11.2. The zero-order valence-electron chi connectivity index (χ0n) is 6.83. The van der Waals surface area contributed by atoms with E-state index in [1.54, 1.807) is 6.33 Å². The van der Waals surface area contributed by atoms with Crippen LogP contribution in [0.1, 0.15) is 5.69 Å². The van der Waals surface area contributed by atoms with Gasteiger partial charge in [-0.25, -0.2) is 4.98 Å². The first-order valence-electron chi connectivity index (χ1n) is 3.56. The molecule has 62 valence electrons. The lowest BCUT2D eigenvalue weighted by Gasteiger charge is -1.97. The van der Waals surface area contributed by atoms with E-state index in [1.165, 1.54) is 0 Å². The molecule has 0 bridgehead atoms. The number of H-pyrrole nitrogens is 1. The molecule has 1 N–H and O–H groups in total. The van der Waals surface area contributed by atoms with Crippen LogP contribution in [0.2, 0.25) is 0 Å². The van der Waals surface area contributed by atoms with Crippen molar-refractivity contribution in [2.75, 3.05) is 0 Å². The highest BCUT2D eigenvalue weighted by molar-refractivity contribution is 7.71. The van der Waals surface area contributed by atoms with Gasteiger partial charge in [-0.1, -0.05) is 0 Å². The number of nitrogens with one attached hydrogen (secondary N) is 1. The molecule has 5 heteroatoms. The highest BCUT2D eigenvalue weighted by atomic mass is 32.1. The van der Waals surface area contributed by atoms with Crippen molar-refractivity contribution >= 4 is 23.4 Å². The minimum absolute atomic E-state index is 0.485. The molecule has 0 radical (unpaired) electrons. The van der Waals surface area contributed by atoms with Crippen LogP contribution in [0.4, 0.5) is 0 Å². The maximum Gasteiger partial charge on any atom is 0.199 e. The van der Waals surface area contributed by atoms with Gasteiger partial charge in [-0.2, -0.15) is 4.98 Å². The Balaban J connectivity index is 3.02. The van der Waals surface area contributed by atoms with Gasteiger partial charge in [-0.05, 0) is 19.1 Å². The van der Waals surface area contributed by atoms with Crippen LogP contribution in [0.5, 0.6) is 0 Å². The third-order valence-corrected chi connectivity index (χ3v) is 1.97. The van der Waals surface area contributed by atoms with Gasteiger partial charge in [0.1, 0.15) is 5.52 Å². The molecule has 0 unspecified atom stereocenters. The van der Waals surface area contributed by atoms with Crippen LogP contribution in [0, 0.1) is 11.7 Å². The fraction of sp³-hybridized carbons (Fsp3) is 0.286. The van der Waals surface area contributed by atoms with Gasteiger partial charge in [0.25, 0.3) is 0 Å². The summed E-state index contributed by atoms with van der Waals surface area (Å²) < 4.78 is 2.40. The Labute approximate surface area is 74.3 Å². The summed E-state index contributed by atoms with van der Waals surface area (Å²) in [5.41, 5.74) is 2.72. The number of aromatic nitrogens is 4. The Kier molecular flexibility index (Phi) is 1.47. The molecule has 0 amide bonds. The van der Waals surface area contributed by atoms with Gasteiger partial charge in [-0.15, -0.1) is 0 Å². The van der Waals surface area contributed by atoms with Crippen molar-refractivity contribution in [1.82, 2.24) is 19.5 Å². The number of aryl methyl sites for hydroxylation is 2. The summed E-state index contributed by atoms with van der Waals surface area (Å²) in [6, 6.07) is 0. The first-order valence-corrected chi connectivity index (χ1v) is 3.97. The lowest BCUT2D eigenvalue weighted by Crippen LogP contribution is -1.92. The maximum absolute atomic E-state index is 4.92. The highest BCUT2D eigenvalue weighted by Crippen LogP contribution is 2.10. The number of nitrogens with zero attached hydrogens (tertiary/aromatic N) is 3. The van der Waals surface area contributed by atoms with Gasteiger partial charge in [0.05, 0.1) is 6.33 Å². The van der Waals surface area contributed by atoms with Crippen molar-refractivity contribution in [1.29, 1.82) is 0 Å². The van der Waals surface area contributed by atoms with Gasteiger partial charge in [0.15, 0.2) is 10.4 Å². The molecule has 0 spiro atoms. The summed E-state index contributed by atoms with van der Waals surface area (Å²) in [5, 5.41) is 0. The fourth-order valence-electron chi connectivity index (χ4n) is 1.28. The molecule has 4 nitrogen and oxygen atoms in total. The summed E-state index contributed by atoms with van der Waals surface area (Å²) in [5.74, 6) is 0. The van der Waals surface area contributed by atoms with E-state index in [0.29, 0.717) is 10.4 Å². The quantitative estimate of drug-likeness (QED) is 0.622. The van der Waals surface area contributed by atoms with Crippen molar-refractivity contribution in [2.45, 2.75) is 6.92 Å². The van der Waals surface area contributed by atoms with Gasteiger partial charge >= 0.3 is 0 Å². The Morgan fingerprint density at radius 1 is 1.58 bits per heavy atom. The second-order valence-corrected chi connectivity index (χ2v) is 3.08. The minimum Gasteiger partial charge on any atom is -0.333 e. The van der Waals surface area contributed by atoms with Crippen molar-refractivity contribution in [3.63, 3.8) is 0 Å². The van der Waals surface area contributed by atoms with Gasteiger partial charge in [-0.3, -0.25) is 0 Å². The van der Waals surface area contributed by atoms with Crippen molar-refractivity contribution in [2.24, 2.45) is 7.05 Å². The molecular formula is C7H8N4S. The molecule has 0 aliphatic heterocycles. The van der Waals surface area contributed by atoms with Crippen LogP contribution in [-0.2, 0) is 7.05 Å². The summed E-state index contributed by atoms with van der Waals surface area (Å²) >= 11 is 4.92. The van der Waals surface area contributed by atoms with Gasteiger partial charge in [0.2, 0.25) is 0 Å². The van der Waals surface area contributed by atoms with E-state index in [2.05, 4.69) is 15.0 Å². The van der Waals surface area contributed by atoms with Crippen LogP contribution in [-0.4, -0.2) is 19.5 Å². The molecule has 0 aliphatic rings. The number of fused-ring (bicyclic) bond motifs is 1. The van der Waals surface area contributed by atoms with Crippen LogP contribution in [0.25, 0.3) is 11.2 Å². The topological polar surface area (TPSA) is 46.5 Å². The summed E-state index contributed by atoms with van der Waals surface area (Å²) in [6.45, 7) is 1.96. The molecule has 2 heterocycles. The number of hydrogen-bond acceptors (Lipinski definition) is 3. The number of aromatic amines is 1. The Morgan fingerprint density at radius 2 is 2.33 bits per heavy atom. The molecule has 2 rings (SSSR count). The van der Waals surface area contributed by atoms with E-state index >= 15 is 0 Å². The molecule has 0 saturated heterocycles. The normalized spacial score (nSPS) is 10.8. The second-order valence-electron chi connectivity index (χ2n) is 2.69. The maximum atomic E-state index is 4.92. The standard InChI is InChI=1S/C7H8N4S/c1-4-5-6(8-3-11(5)2)10-7(12)9-4/h3H,1-2H3,(H,9,10,12). The van der Waals surface area contributed by atoms with Gasteiger partial charge < -0.3 is 9.55 Å². The predicted octanol–water partition coefficient (Wildman–Crippen LogP) is 1.33. The molecule has 2 aromatic heterocycles. The molecule has 2 aromatic rings. The van der Waals surface area contributed by atoms with Crippen molar-refractivity contribution in [3.05, 3.63) is 16.8 Å². The molecule has 0 aromatic carbocycles. The average Bonchev–Trinajstić information content (AvgIpc) is 2.31. The molecule has 0 saturated carbocycles. The van der Waals surface area contributed by atoms with E-state index in [4.69, 9.17) is 12.2 Å². The molecular weight excluding hydrogens is 172 g/mol. The fourth-order valence-corrected chi connectivity index (χ4v) is 1.52. The number of imidazole rings is 1. The van der Waals surface area contributed by atoms with Crippen LogP contribution in [0.15, 0.2) is 6.33 Å². The number of rotatable bonds is 0. The van der Waals surface area contributed by atoms with Crippen LogP contribution < -0.4 is 0 Å². The Hall–Kier alpha value is -1.23. The van der Waals surface area contributed by atoms with E-state index in [1.807, 2.05) is 18.5 Å². The molecule has 12 heavy (non-hydrogen) atoms. The first kappa shape index (κ1) is 7.42. The monoisotopic (exact) mass is 180 g/mol. The average molecular weight is 180 g/mol. The van der Waals surface area contributed by atoms with Gasteiger partial charge in [0, 0.05) is 12.7 Å². The lowest BCUT2D eigenvalue weighted by atomic mass is 10.4. The Bertz CT molecular complexity index is 482. The molecule has 0 aliphatic carbocycles. The Morgan fingerprint density at radius 3 is 3.08 bits per heavy atom. The van der Waals surface area contributed by atoms with Crippen molar-refractivity contribution in [3.8, 4) is 0 Å². The van der Waals surface area contributed by atoms with E-state index in [-0.39, 0.29) is 0 Å². The van der Waals surface area contributed by atoms with Crippen molar-refractivity contribution < 1.29 is 0 Å². The summed E-state index contributed by atoms with van der Waals surface area (Å²) in [6.07, 6.45) is 1.73. The van der Waals surface area contributed by atoms with E-state index < -0.39 is 0 Å².